The summed E-state index contributed by atoms with van der Waals surface area (Å²) in [4.78, 5) is 16.1. The molecule has 0 heterocycles. The number of benzene rings is 1. The van der Waals surface area contributed by atoms with Crippen molar-refractivity contribution in [1.82, 2.24) is 15.1 Å². The Labute approximate surface area is 126 Å². The van der Waals surface area contributed by atoms with Gasteiger partial charge < -0.3 is 15.1 Å². The molecule has 1 aromatic rings. The maximum absolute atomic E-state index is 12.9. The molecule has 0 aliphatic heterocycles. The zero-order chi connectivity index (χ0) is 15.8. The third-order valence-corrected chi connectivity index (χ3v) is 3.50. The van der Waals surface area contributed by atoms with E-state index in [4.69, 9.17) is 0 Å². The molecule has 0 aromatic heterocycles. The fourth-order valence-corrected chi connectivity index (χ4v) is 1.86. The molecule has 4 nitrogen and oxygen atoms in total. The topological polar surface area (TPSA) is 35.6 Å². The van der Waals surface area contributed by atoms with Crippen molar-refractivity contribution in [2.75, 3.05) is 27.2 Å². The van der Waals surface area contributed by atoms with Gasteiger partial charge in [-0.1, -0.05) is 19.1 Å². The lowest BCUT2D eigenvalue weighted by atomic mass is 10.2. The van der Waals surface area contributed by atoms with Crippen molar-refractivity contribution in [2.24, 2.45) is 0 Å². The van der Waals surface area contributed by atoms with E-state index in [-0.39, 0.29) is 17.9 Å². The van der Waals surface area contributed by atoms with E-state index in [1.54, 1.807) is 17.0 Å². The van der Waals surface area contributed by atoms with E-state index in [9.17, 15) is 9.18 Å². The Balaban J connectivity index is 2.59. The number of hydrogen-bond acceptors (Lipinski definition) is 2. The molecule has 21 heavy (non-hydrogen) atoms. The van der Waals surface area contributed by atoms with Crippen LogP contribution in [0.1, 0.15) is 25.8 Å². The van der Waals surface area contributed by atoms with E-state index in [2.05, 4.69) is 17.1 Å². The van der Waals surface area contributed by atoms with Crippen molar-refractivity contribution in [3.8, 4) is 0 Å². The van der Waals surface area contributed by atoms with Gasteiger partial charge in [0, 0.05) is 25.7 Å². The first-order chi connectivity index (χ1) is 9.93. The third kappa shape index (κ3) is 6.12. The van der Waals surface area contributed by atoms with Crippen LogP contribution in [0.2, 0.25) is 0 Å². The van der Waals surface area contributed by atoms with E-state index >= 15 is 0 Å². The second-order valence-corrected chi connectivity index (χ2v) is 5.55. The van der Waals surface area contributed by atoms with Gasteiger partial charge in [-0.2, -0.15) is 0 Å². The van der Waals surface area contributed by atoms with Crippen LogP contribution in [0, 0.1) is 5.82 Å². The zero-order valence-electron chi connectivity index (χ0n) is 13.4. The summed E-state index contributed by atoms with van der Waals surface area (Å²) in [7, 11) is 3.97. The van der Waals surface area contributed by atoms with E-state index in [0.717, 1.165) is 12.0 Å². The Morgan fingerprint density at radius 1 is 1.29 bits per heavy atom. The first kappa shape index (κ1) is 17.4. The van der Waals surface area contributed by atoms with Crippen LogP contribution >= 0.6 is 0 Å². The molecule has 5 heteroatoms. The van der Waals surface area contributed by atoms with Gasteiger partial charge in [-0.25, -0.2) is 9.18 Å². The molecule has 1 aromatic carbocycles. The van der Waals surface area contributed by atoms with Crippen LogP contribution in [0.4, 0.5) is 9.18 Å². The van der Waals surface area contributed by atoms with Gasteiger partial charge in [0.25, 0.3) is 0 Å². The quantitative estimate of drug-likeness (QED) is 0.839. The van der Waals surface area contributed by atoms with Crippen molar-refractivity contribution in [3.63, 3.8) is 0 Å². The fraction of sp³-hybridized carbons (Fsp3) is 0.562. The van der Waals surface area contributed by atoms with Crippen LogP contribution < -0.4 is 5.32 Å². The van der Waals surface area contributed by atoms with Crippen molar-refractivity contribution >= 4 is 6.03 Å². The van der Waals surface area contributed by atoms with E-state index < -0.39 is 0 Å². The lowest BCUT2D eigenvalue weighted by Crippen LogP contribution is -2.45. The minimum Gasteiger partial charge on any atom is -0.336 e. The number of nitrogens with one attached hydrogen (secondary N) is 1. The lowest BCUT2D eigenvalue weighted by molar-refractivity contribution is 0.190. The Kier molecular flexibility index (Phi) is 7.15. The van der Waals surface area contributed by atoms with Gasteiger partial charge in [-0.05, 0) is 45.1 Å². The second-order valence-electron chi connectivity index (χ2n) is 5.55. The van der Waals surface area contributed by atoms with Crippen LogP contribution in [0.5, 0.6) is 0 Å². The highest BCUT2D eigenvalue weighted by Gasteiger charge is 2.14. The van der Waals surface area contributed by atoms with E-state index in [1.165, 1.54) is 12.1 Å². The first-order valence-electron chi connectivity index (χ1n) is 7.37. The number of likely N-dealkylation sites (N-methyl/N-ethyl adjacent to an activating group) is 1. The second kappa shape index (κ2) is 8.62. The monoisotopic (exact) mass is 295 g/mol. The number of halogens is 1. The van der Waals surface area contributed by atoms with Crippen molar-refractivity contribution in [3.05, 3.63) is 35.6 Å². The largest absolute Gasteiger partial charge is 0.336 e. The smallest absolute Gasteiger partial charge is 0.317 e. The Morgan fingerprint density at radius 2 is 1.90 bits per heavy atom. The normalized spacial score (nSPS) is 12.3. The highest BCUT2D eigenvalue weighted by Crippen LogP contribution is 2.07. The van der Waals surface area contributed by atoms with Crippen LogP contribution in [0.15, 0.2) is 24.3 Å². The summed E-state index contributed by atoms with van der Waals surface area (Å²) in [6, 6.07) is 6.48. The predicted molar refractivity (Wildman–Crippen MR) is 83.6 cm³/mol. The number of rotatable bonds is 7. The molecule has 118 valence electrons. The molecule has 0 unspecified atom stereocenters. The first-order valence-corrected chi connectivity index (χ1v) is 7.37. The number of hydrogen-bond donors (Lipinski definition) is 1. The minimum atomic E-state index is -0.259. The number of urea groups is 1. The van der Waals surface area contributed by atoms with Crippen LogP contribution in [0.25, 0.3) is 0 Å². The van der Waals surface area contributed by atoms with Crippen LogP contribution in [-0.4, -0.2) is 49.1 Å². The zero-order valence-corrected chi connectivity index (χ0v) is 13.4. The van der Waals surface area contributed by atoms with Gasteiger partial charge in [0.2, 0.25) is 0 Å². The highest BCUT2D eigenvalue weighted by molar-refractivity contribution is 5.74. The summed E-state index contributed by atoms with van der Waals surface area (Å²) in [5.41, 5.74) is 0.931. The molecule has 0 radical (unpaired) electrons. The molecule has 1 rings (SSSR count). The Bertz CT molecular complexity index is 434. The van der Waals surface area contributed by atoms with Crippen LogP contribution in [-0.2, 0) is 6.54 Å². The molecule has 1 atom stereocenters. The maximum Gasteiger partial charge on any atom is 0.317 e. The summed E-state index contributed by atoms with van der Waals surface area (Å²) in [6.45, 7) is 5.88. The summed E-state index contributed by atoms with van der Waals surface area (Å²) in [5.74, 6) is -0.259. The van der Waals surface area contributed by atoms with Gasteiger partial charge in [0.1, 0.15) is 5.82 Å². The highest BCUT2D eigenvalue weighted by atomic mass is 19.1. The molecule has 0 saturated heterocycles. The van der Waals surface area contributed by atoms with E-state index in [1.807, 2.05) is 21.0 Å². The van der Waals surface area contributed by atoms with Gasteiger partial charge in [0.15, 0.2) is 0 Å². The summed E-state index contributed by atoms with van der Waals surface area (Å²) in [5, 5.41) is 2.95. The van der Waals surface area contributed by atoms with Crippen LogP contribution in [0.3, 0.4) is 0 Å². The molecule has 0 bridgehead atoms. The van der Waals surface area contributed by atoms with E-state index in [0.29, 0.717) is 19.6 Å². The van der Waals surface area contributed by atoms with Gasteiger partial charge in [-0.3, -0.25) is 0 Å². The van der Waals surface area contributed by atoms with Crippen molar-refractivity contribution in [2.45, 2.75) is 32.9 Å². The molecular weight excluding hydrogens is 269 g/mol. The molecular formula is C16H26FN3O. The fourth-order valence-electron chi connectivity index (χ4n) is 1.86. The van der Waals surface area contributed by atoms with Gasteiger partial charge >= 0.3 is 6.03 Å². The predicted octanol–water partition coefficient (Wildman–Crippen LogP) is 2.70. The SMILES string of the molecule is CCCN(Cc1ccc(F)cc1)C(=O)NC[C@H](C)N(C)C. The minimum absolute atomic E-state index is 0.0742. The molecule has 0 spiro atoms. The molecule has 0 saturated carbocycles. The van der Waals surface area contributed by atoms with Gasteiger partial charge in [-0.15, -0.1) is 0 Å². The summed E-state index contributed by atoms with van der Waals surface area (Å²) < 4.78 is 12.9. The van der Waals surface area contributed by atoms with Crippen molar-refractivity contribution < 1.29 is 9.18 Å². The Morgan fingerprint density at radius 3 is 2.43 bits per heavy atom. The average Bonchev–Trinajstić information content (AvgIpc) is 2.46. The molecule has 0 aliphatic rings. The lowest BCUT2D eigenvalue weighted by Gasteiger charge is -2.25. The number of amides is 2. The number of carbonyl (C=O) groups is 1. The molecule has 0 aliphatic carbocycles. The summed E-state index contributed by atoms with van der Waals surface area (Å²) in [6.07, 6.45) is 0.887. The van der Waals surface area contributed by atoms with Crippen molar-refractivity contribution in [1.29, 1.82) is 0 Å². The average molecular weight is 295 g/mol. The van der Waals surface area contributed by atoms with Gasteiger partial charge in [0.05, 0.1) is 0 Å². The number of carbonyl (C=O) groups excluding carboxylic acids is 1. The molecule has 2 amide bonds. The third-order valence-electron chi connectivity index (χ3n) is 3.50. The Hall–Kier alpha value is -1.62. The number of nitrogens with zero attached hydrogens (tertiary/aromatic N) is 2. The summed E-state index contributed by atoms with van der Waals surface area (Å²) >= 11 is 0. The standard InChI is InChI=1S/C16H26FN3O/c1-5-10-20(12-14-6-8-15(17)9-7-14)16(21)18-11-13(2)19(3)4/h6-9,13H,5,10-12H2,1-4H3,(H,18,21)/t13-/m0/s1. The maximum atomic E-state index is 12.9. The molecule has 1 N–H and O–H groups in total. The molecule has 0 fully saturated rings.